The van der Waals surface area contributed by atoms with Crippen LogP contribution in [0.4, 0.5) is 4.39 Å². The Morgan fingerprint density at radius 3 is 2.57 bits per heavy atom. The molecule has 2 heteroatoms. The molecular formula is C5H5FO. The zero-order valence-corrected chi connectivity index (χ0v) is 3.78. The van der Waals surface area contributed by atoms with Crippen molar-refractivity contribution < 1.29 is 9.18 Å². The van der Waals surface area contributed by atoms with E-state index in [2.05, 4.69) is 5.92 Å². The van der Waals surface area contributed by atoms with Gasteiger partial charge in [0.05, 0.1) is 0 Å². The molecule has 0 rings (SSSR count). The first-order valence-corrected chi connectivity index (χ1v) is 1.89. The fourth-order valence-electron chi connectivity index (χ4n) is 0.170. The van der Waals surface area contributed by atoms with E-state index in [4.69, 9.17) is 6.42 Å². The largest absolute Gasteiger partial charge is 0.302 e. The van der Waals surface area contributed by atoms with E-state index in [1.165, 1.54) is 0 Å². The van der Waals surface area contributed by atoms with Gasteiger partial charge in [-0.1, -0.05) is 0 Å². The summed E-state index contributed by atoms with van der Waals surface area (Å²) in [6, 6.07) is -1.34. The van der Waals surface area contributed by atoms with Crippen LogP contribution in [0.3, 0.4) is 0 Å². The van der Waals surface area contributed by atoms with Crippen LogP contribution < -0.4 is 0 Å². The van der Waals surface area contributed by atoms with Crippen molar-refractivity contribution in [1.29, 1.82) is 0 Å². The van der Waals surface area contributed by atoms with Crippen molar-refractivity contribution >= 4 is 6.04 Å². The summed E-state index contributed by atoms with van der Waals surface area (Å²) in [7, 11) is 0. The molecule has 0 fully saturated rings. The van der Waals surface area contributed by atoms with Crippen LogP contribution in [-0.4, -0.2) is 6.04 Å². The van der Waals surface area contributed by atoms with Gasteiger partial charge in [0.1, 0.15) is 0 Å². The molecule has 0 spiro atoms. The summed E-state index contributed by atoms with van der Waals surface area (Å²) in [6.07, 6.45) is 4.77. The highest BCUT2D eigenvalue weighted by atomic mass is 19.1. The number of halogens is 1. The fraction of sp³-hybridized carbons (Fsp3) is 0.400. The SMILES string of the molecule is C#CCCC(=O)F. The number of terminal acetylenes is 1. The molecular weight excluding hydrogens is 95.1 g/mol. The standard InChI is InChI=1S/C5H5FO/c1-2-3-4-5(6)7/h1H,3-4H2. The Hall–Kier alpha value is -0.840. The molecule has 38 valence electrons. The predicted octanol–water partition coefficient (Wildman–Crippen LogP) is 0.896. The van der Waals surface area contributed by atoms with Gasteiger partial charge in [-0.25, -0.2) is 0 Å². The van der Waals surface area contributed by atoms with Gasteiger partial charge in [0.15, 0.2) is 0 Å². The maximum absolute atomic E-state index is 11.2. The van der Waals surface area contributed by atoms with Crippen LogP contribution in [0.2, 0.25) is 0 Å². The van der Waals surface area contributed by atoms with E-state index in [1.54, 1.807) is 0 Å². The fourth-order valence-corrected chi connectivity index (χ4v) is 0.170. The maximum atomic E-state index is 11.2. The lowest BCUT2D eigenvalue weighted by Gasteiger charge is -1.76. The minimum absolute atomic E-state index is 0.142. The Bertz CT molecular complexity index is 101. The highest BCUT2D eigenvalue weighted by Crippen LogP contribution is 1.87. The molecule has 0 saturated heterocycles. The van der Waals surface area contributed by atoms with Crippen molar-refractivity contribution in [3.8, 4) is 12.3 Å². The van der Waals surface area contributed by atoms with Crippen LogP contribution >= 0.6 is 0 Å². The summed E-state index contributed by atoms with van der Waals surface area (Å²) in [6.45, 7) is 0. The monoisotopic (exact) mass is 100 g/mol. The molecule has 0 aromatic carbocycles. The lowest BCUT2D eigenvalue weighted by molar-refractivity contribution is -0.129. The zero-order valence-electron chi connectivity index (χ0n) is 3.78. The molecule has 0 bridgehead atoms. The summed E-state index contributed by atoms with van der Waals surface area (Å²) in [5.41, 5.74) is 0. The molecule has 7 heavy (non-hydrogen) atoms. The normalized spacial score (nSPS) is 7.43. The molecule has 0 saturated carbocycles. The molecule has 0 aromatic rings. The van der Waals surface area contributed by atoms with Crippen LogP contribution in [0.1, 0.15) is 12.8 Å². The summed E-state index contributed by atoms with van der Waals surface area (Å²) >= 11 is 0. The van der Waals surface area contributed by atoms with Crippen molar-refractivity contribution in [2.24, 2.45) is 0 Å². The van der Waals surface area contributed by atoms with E-state index in [9.17, 15) is 9.18 Å². The molecule has 0 atom stereocenters. The molecule has 0 radical (unpaired) electrons. The summed E-state index contributed by atoms with van der Waals surface area (Å²) in [4.78, 5) is 9.44. The molecule has 1 nitrogen and oxygen atoms in total. The van der Waals surface area contributed by atoms with Gasteiger partial charge in [-0.2, -0.15) is 4.39 Å². The van der Waals surface area contributed by atoms with Gasteiger partial charge >= 0.3 is 6.04 Å². The van der Waals surface area contributed by atoms with E-state index >= 15 is 0 Å². The van der Waals surface area contributed by atoms with Crippen LogP contribution in [0.15, 0.2) is 0 Å². The van der Waals surface area contributed by atoms with E-state index in [1.807, 2.05) is 0 Å². The number of carbonyl (C=O) groups excluding carboxylic acids is 1. The highest BCUT2D eigenvalue weighted by molar-refractivity contribution is 5.67. The topological polar surface area (TPSA) is 17.1 Å². The number of hydrogen-bond donors (Lipinski definition) is 0. The predicted molar refractivity (Wildman–Crippen MR) is 24.2 cm³/mol. The van der Waals surface area contributed by atoms with Crippen LogP contribution in [0.5, 0.6) is 0 Å². The van der Waals surface area contributed by atoms with Crippen LogP contribution in [-0.2, 0) is 4.79 Å². The molecule has 0 N–H and O–H groups in total. The molecule has 0 unspecified atom stereocenters. The second-order valence-electron chi connectivity index (χ2n) is 1.06. The second kappa shape index (κ2) is 3.35. The van der Waals surface area contributed by atoms with Crippen LogP contribution in [0.25, 0.3) is 0 Å². The third-order valence-electron chi connectivity index (χ3n) is 0.466. The molecule has 0 amide bonds. The van der Waals surface area contributed by atoms with E-state index in [0.29, 0.717) is 0 Å². The van der Waals surface area contributed by atoms with Crippen molar-refractivity contribution in [2.45, 2.75) is 12.8 Å². The Labute approximate surface area is 41.5 Å². The van der Waals surface area contributed by atoms with E-state index < -0.39 is 6.04 Å². The number of carbonyl (C=O) groups is 1. The average molecular weight is 100 g/mol. The lowest BCUT2D eigenvalue weighted by Crippen LogP contribution is -1.83. The molecule has 0 aliphatic carbocycles. The Balaban J connectivity index is 3.02. The van der Waals surface area contributed by atoms with Crippen LogP contribution in [0, 0.1) is 12.3 Å². The quantitative estimate of drug-likeness (QED) is 0.372. The minimum Gasteiger partial charge on any atom is -0.261 e. The van der Waals surface area contributed by atoms with Gasteiger partial charge in [-0.3, -0.25) is 4.79 Å². The van der Waals surface area contributed by atoms with Crippen molar-refractivity contribution in [2.75, 3.05) is 0 Å². The molecule has 0 heterocycles. The minimum atomic E-state index is -1.34. The van der Waals surface area contributed by atoms with Crippen molar-refractivity contribution in [3.05, 3.63) is 0 Å². The average Bonchev–Trinajstić information content (AvgIpc) is 1.61. The third kappa shape index (κ3) is 5.16. The smallest absolute Gasteiger partial charge is 0.261 e. The van der Waals surface area contributed by atoms with Gasteiger partial charge in [0.2, 0.25) is 0 Å². The Morgan fingerprint density at radius 1 is 1.86 bits per heavy atom. The Morgan fingerprint density at radius 2 is 2.43 bits per heavy atom. The van der Waals surface area contributed by atoms with Crippen molar-refractivity contribution in [1.82, 2.24) is 0 Å². The number of rotatable bonds is 2. The van der Waals surface area contributed by atoms with E-state index in [-0.39, 0.29) is 12.8 Å². The highest BCUT2D eigenvalue weighted by Gasteiger charge is 1.91. The van der Waals surface area contributed by atoms with Gasteiger partial charge in [-0.05, 0) is 0 Å². The summed E-state index contributed by atoms with van der Waals surface area (Å²) in [5.74, 6) is 2.14. The van der Waals surface area contributed by atoms with E-state index in [0.717, 1.165) is 0 Å². The summed E-state index contributed by atoms with van der Waals surface area (Å²) < 4.78 is 11.2. The lowest BCUT2D eigenvalue weighted by atomic mass is 10.3. The molecule has 0 aromatic heterocycles. The Kier molecular flexibility index (Phi) is 2.95. The van der Waals surface area contributed by atoms with Gasteiger partial charge in [-0.15, -0.1) is 12.3 Å². The van der Waals surface area contributed by atoms with Gasteiger partial charge < -0.3 is 0 Å². The zero-order chi connectivity index (χ0) is 5.70. The molecule has 0 aliphatic rings. The third-order valence-corrected chi connectivity index (χ3v) is 0.466. The first kappa shape index (κ1) is 6.16. The second-order valence-corrected chi connectivity index (χ2v) is 1.06. The van der Waals surface area contributed by atoms with Crippen molar-refractivity contribution in [3.63, 3.8) is 0 Å². The molecule has 0 aliphatic heterocycles. The van der Waals surface area contributed by atoms with Gasteiger partial charge in [0.25, 0.3) is 0 Å². The first-order chi connectivity index (χ1) is 3.27. The summed E-state index contributed by atoms with van der Waals surface area (Å²) in [5, 5.41) is 0. The number of hydrogen-bond acceptors (Lipinski definition) is 1. The first-order valence-electron chi connectivity index (χ1n) is 1.89. The van der Waals surface area contributed by atoms with Gasteiger partial charge in [0, 0.05) is 12.8 Å². The maximum Gasteiger partial charge on any atom is 0.302 e.